The molecule has 0 aliphatic heterocycles. The van der Waals surface area contributed by atoms with Crippen molar-refractivity contribution in [2.24, 2.45) is 5.11 Å². The number of azide groups is 1. The van der Waals surface area contributed by atoms with Gasteiger partial charge in [-0.2, -0.15) is 0 Å². The van der Waals surface area contributed by atoms with Crippen molar-refractivity contribution in [2.45, 2.75) is 13.3 Å². The minimum absolute atomic E-state index is 0.461. The Labute approximate surface area is 70.1 Å². The first kappa shape index (κ1) is 8.49. The van der Waals surface area contributed by atoms with Crippen LogP contribution in [0.5, 0.6) is 0 Å². The second-order valence-corrected chi connectivity index (χ2v) is 2.34. The molecular formula is C7H9N5. The number of rotatable bonds is 3. The number of aromatic nitrogens is 2. The molecule has 1 aromatic heterocycles. The lowest BCUT2D eigenvalue weighted by atomic mass is 10.2. The summed E-state index contributed by atoms with van der Waals surface area (Å²) >= 11 is 0. The Hall–Kier alpha value is -1.61. The van der Waals surface area contributed by atoms with Gasteiger partial charge in [-0.3, -0.25) is 0 Å². The normalized spacial score (nSPS) is 9.08. The fourth-order valence-electron chi connectivity index (χ4n) is 0.772. The third kappa shape index (κ3) is 2.56. The van der Waals surface area contributed by atoms with E-state index >= 15 is 0 Å². The smallest absolute Gasteiger partial charge is 0.125 e. The molecule has 1 rings (SSSR count). The van der Waals surface area contributed by atoms with Crippen LogP contribution >= 0.6 is 0 Å². The van der Waals surface area contributed by atoms with Crippen molar-refractivity contribution in [3.05, 3.63) is 34.2 Å². The highest BCUT2D eigenvalue weighted by atomic mass is 15.1. The highest BCUT2D eigenvalue weighted by Gasteiger charge is 1.92. The van der Waals surface area contributed by atoms with Gasteiger partial charge >= 0.3 is 0 Å². The second kappa shape index (κ2) is 4.31. The second-order valence-electron chi connectivity index (χ2n) is 2.34. The first-order chi connectivity index (χ1) is 5.83. The molecule has 0 spiro atoms. The number of nitrogens with zero attached hydrogens (tertiary/aromatic N) is 5. The molecule has 5 heteroatoms. The Bertz CT molecular complexity index is 285. The maximum absolute atomic E-state index is 8.02. The Balaban J connectivity index is 2.53. The minimum atomic E-state index is 0.461. The van der Waals surface area contributed by atoms with Crippen molar-refractivity contribution >= 4 is 0 Å². The molecule has 0 aliphatic rings. The summed E-state index contributed by atoms with van der Waals surface area (Å²) in [6, 6.07) is 0. The van der Waals surface area contributed by atoms with Gasteiger partial charge in [0.2, 0.25) is 0 Å². The molecule has 12 heavy (non-hydrogen) atoms. The van der Waals surface area contributed by atoms with E-state index in [-0.39, 0.29) is 0 Å². The molecule has 0 bridgehead atoms. The zero-order chi connectivity index (χ0) is 8.81. The molecule has 0 unspecified atom stereocenters. The lowest BCUT2D eigenvalue weighted by Crippen LogP contribution is -1.93. The van der Waals surface area contributed by atoms with Gasteiger partial charge in [0.05, 0.1) is 0 Å². The highest BCUT2D eigenvalue weighted by molar-refractivity contribution is 5.04. The number of hydrogen-bond donors (Lipinski definition) is 0. The zero-order valence-corrected chi connectivity index (χ0v) is 6.80. The van der Waals surface area contributed by atoms with Gasteiger partial charge in [-0.05, 0) is 24.4 Å². The van der Waals surface area contributed by atoms with Crippen LogP contribution in [0.15, 0.2) is 17.5 Å². The predicted molar refractivity (Wildman–Crippen MR) is 44.5 cm³/mol. The van der Waals surface area contributed by atoms with Crippen LogP contribution in [-0.2, 0) is 6.42 Å². The van der Waals surface area contributed by atoms with Crippen molar-refractivity contribution < 1.29 is 0 Å². The lowest BCUT2D eigenvalue weighted by molar-refractivity contribution is 0.917. The fraction of sp³-hybridized carbons (Fsp3) is 0.429. The average Bonchev–Trinajstić information content (AvgIpc) is 2.09. The van der Waals surface area contributed by atoms with Crippen LogP contribution < -0.4 is 0 Å². The molecule has 0 saturated carbocycles. The molecule has 0 aliphatic carbocycles. The van der Waals surface area contributed by atoms with E-state index in [1.165, 1.54) is 0 Å². The monoisotopic (exact) mass is 163 g/mol. The van der Waals surface area contributed by atoms with Crippen molar-refractivity contribution in [3.63, 3.8) is 0 Å². The van der Waals surface area contributed by atoms with Crippen molar-refractivity contribution in [2.75, 3.05) is 6.54 Å². The summed E-state index contributed by atoms with van der Waals surface area (Å²) in [4.78, 5) is 10.7. The van der Waals surface area contributed by atoms with E-state index < -0.39 is 0 Å². The molecule has 0 atom stereocenters. The van der Waals surface area contributed by atoms with Crippen molar-refractivity contribution in [3.8, 4) is 0 Å². The topological polar surface area (TPSA) is 74.5 Å². The van der Waals surface area contributed by atoms with Crippen LogP contribution in [-0.4, -0.2) is 16.5 Å². The van der Waals surface area contributed by atoms with Crippen molar-refractivity contribution in [1.29, 1.82) is 0 Å². The van der Waals surface area contributed by atoms with E-state index in [1.54, 1.807) is 12.4 Å². The summed E-state index contributed by atoms with van der Waals surface area (Å²) in [6.07, 6.45) is 4.19. The molecule has 0 fully saturated rings. The molecule has 0 amide bonds. The summed E-state index contributed by atoms with van der Waals surface area (Å²) in [5.74, 6) is 0.752. The lowest BCUT2D eigenvalue weighted by Gasteiger charge is -1.95. The van der Waals surface area contributed by atoms with Gasteiger partial charge in [0.15, 0.2) is 0 Å². The van der Waals surface area contributed by atoms with Crippen molar-refractivity contribution in [1.82, 2.24) is 9.97 Å². The van der Waals surface area contributed by atoms with E-state index in [2.05, 4.69) is 20.0 Å². The van der Waals surface area contributed by atoms with E-state index in [0.29, 0.717) is 13.0 Å². The molecule has 0 aromatic carbocycles. The zero-order valence-electron chi connectivity index (χ0n) is 6.80. The molecule has 62 valence electrons. The van der Waals surface area contributed by atoms with E-state index in [9.17, 15) is 0 Å². The predicted octanol–water partition coefficient (Wildman–Crippen LogP) is 1.64. The van der Waals surface area contributed by atoms with E-state index in [4.69, 9.17) is 5.53 Å². The van der Waals surface area contributed by atoms with Gasteiger partial charge in [-0.1, -0.05) is 5.11 Å². The summed E-state index contributed by atoms with van der Waals surface area (Å²) in [6.45, 7) is 2.29. The van der Waals surface area contributed by atoms with Gasteiger partial charge in [0, 0.05) is 23.9 Å². The van der Waals surface area contributed by atoms with Crippen LogP contribution in [0.25, 0.3) is 10.4 Å². The van der Waals surface area contributed by atoms with Crippen LogP contribution in [0.2, 0.25) is 0 Å². The van der Waals surface area contributed by atoms with E-state index in [1.807, 2.05) is 6.92 Å². The molecule has 0 saturated heterocycles. The summed E-state index contributed by atoms with van der Waals surface area (Å²) in [5.41, 5.74) is 9.01. The molecule has 1 heterocycles. The maximum atomic E-state index is 8.02. The summed E-state index contributed by atoms with van der Waals surface area (Å²) < 4.78 is 0. The number of aryl methyl sites for hydroxylation is 1. The van der Waals surface area contributed by atoms with Gasteiger partial charge in [0.25, 0.3) is 0 Å². The maximum Gasteiger partial charge on any atom is 0.125 e. The Morgan fingerprint density at radius 1 is 1.50 bits per heavy atom. The molecule has 0 radical (unpaired) electrons. The Morgan fingerprint density at radius 2 is 2.17 bits per heavy atom. The third-order valence-electron chi connectivity index (χ3n) is 1.40. The largest absolute Gasteiger partial charge is 0.241 e. The van der Waals surface area contributed by atoms with Crippen LogP contribution in [0.4, 0.5) is 0 Å². The molecule has 0 N–H and O–H groups in total. The molecule has 1 aromatic rings. The fourth-order valence-corrected chi connectivity index (χ4v) is 0.772. The van der Waals surface area contributed by atoms with Gasteiger partial charge in [0.1, 0.15) is 5.82 Å². The molecule has 5 nitrogen and oxygen atoms in total. The van der Waals surface area contributed by atoms with Gasteiger partial charge in [-0.25, -0.2) is 9.97 Å². The van der Waals surface area contributed by atoms with Gasteiger partial charge < -0.3 is 0 Å². The quantitative estimate of drug-likeness (QED) is 0.386. The average molecular weight is 163 g/mol. The minimum Gasteiger partial charge on any atom is -0.241 e. The first-order valence-electron chi connectivity index (χ1n) is 3.61. The highest BCUT2D eigenvalue weighted by Crippen LogP contribution is 1.96. The van der Waals surface area contributed by atoms with Crippen LogP contribution in [0.1, 0.15) is 11.4 Å². The summed E-state index contributed by atoms with van der Waals surface area (Å²) in [5, 5.41) is 3.41. The van der Waals surface area contributed by atoms with Crippen LogP contribution in [0, 0.1) is 6.92 Å². The standard InChI is InChI=1S/C7H9N5/c1-6-9-4-7(5-10-6)2-3-11-12-8/h4-5H,2-3H2,1H3. The Kier molecular flexibility index (Phi) is 3.04. The number of hydrogen-bond acceptors (Lipinski definition) is 3. The SMILES string of the molecule is Cc1ncc(CCN=[N+]=[N-])cn1. The third-order valence-corrected chi connectivity index (χ3v) is 1.40. The Morgan fingerprint density at radius 3 is 2.75 bits per heavy atom. The van der Waals surface area contributed by atoms with Crippen LogP contribution in [0.3, 0.4) is 0 Å². The summed E-state index contributed by atoms with van der Waals surface area (Å²) in [7, 11) is 0. The van der Waals surface area contributed by atoms with Gasteiger partial charge in [-0.15, -0.1) is 0 Å². The molecular weight excluding hydrogens is 154 g/mol. The first-order valence-corrected chi connectivity index (χ1v) is 3.61. The van der Waals surface area contributed by atoms with E-state index in [0.717, 1.165) is 11.4 Å².